The molecule has 1 N–H and O–H groups in total. The molecule has 1 aromatic carbocycles. The van der Waals surface area contributed by atoms with Gasteiger partial charge in [-0.15, -0.1) is 0 Å². The van der Waals surface area contributed by atoms with Gasteiger partial charge in [0.25, 0.3) is 0 Å². The van der Waals surface area contributed by atoms with Crippen molar-refractivity contribution in [2.45, 2.75) is 18.8 Å². The second-order valence-electron chi connectivity index (χ2n) is 5.61. The highest BCUT2D eigenvalue weighted by atomic mass is 19.4. The van der Waals surface area contributed by atoms with Crippen LogP contribution >= 0.6 is 0 Å². The number of carbonyl (C=O) groups excluding carboxylic acids is 1. The minimum Gasteiger partial charge on any atom is -0.353 e. The van der Waals surface area contributed by atoms with Gasteiger partial charge in [-0.2, -0.15) is 13.2 Å². The highest BCUT2D eigenvalue weighted by Crippen LogP contribution is 2.37. The topological polar surface area (TPSA) is 45.2 Å². The number of nitrogens with zero attached hydrogens (tertiary/aromatic N) is 2. The van der Waals surface area contributed by atoms with Crippen molar-refractivity contribution < 1.29 is 18.0 Å². The Morgan fingerprint density at radius 2 is 2.00 bits per heavy atom. The van der Waals surface area contributed by atoms with Crippen LogP contribution in [0, 0.1) is 0 Å². The highest BCUT2D eigenvalue weighted by molar-refractivity contribution is 5.84. The fraction of sp³-hybridized carbons (Fsp3) is 0.294. The maximum Gasteiger partial charge on any atom is 0.416 e. The number of carbonyl (C=O) groups is 1. The molecule has 0 bridgehead atoms. The van der Waals surface area contributed by atoms with E-state index in [-0.39, 0.29) is 5.56 Å². The predicted molar refractivity (Wildman–Crippen MR) is 81.8 cm³/mol. The third kappa shape index (κ3) is 3.41. The summed E-state index contributed by atoms with van der Waals surface area (Å²) in [6, 6.07) is 7.86. The van der Waals surface area contributed by atoms with Gasteiger partial charge in [0, 0.05) is 32.0 Å². The Morgan fingerprint density at radius 3 is 2.71 bits per heavy atom. The lowest BCUT2D eigenvalue weighted by molar-refractivity contribution is -0.140. The summed E-state index contributed by atoms with van der Waals surface area (Å²) in [4.78, 5) is 18.1. The van der Waals surface area contributed by atoms with Crippen LogP contribution in [-0.2, 0) is 17.5 Å². The monoisotopic (exact) mass is 335 g/mol. The first kappa shape index (κ1) is 16.4. The minimum absolute atomic E-state index is 0.0221. The largest absolute Gasteiger partial charge is 0.416 e. The third-order valence-corrected chi connectivity index (χ3v) is 3.98. The number of hydrogen-bond acceptors (Lipinski definition) is 3. The Morgan fingerprint density at radius 1 is 1.21 bits per heavy atom. The number of halogens is 3. The van der Waals surface area contributed by atoms with E-state index in [1.807, 2.05) is 6.07 Å². The summed E-state index contributed by atoms with van der Waals surface area (Å²) in [5.41, 5.74) is 0.0519. The van der Waals surface area contributed by atoms with Crippen molar-refractivity contribution in [1.29, 1.82) is 0 Å². The number of pyridine rings is 1. The molecule has 1 amide bonds. The van der Waals surface area contributed by atoms with Gasteiger partial charge in [0.2, 0.25) is 5.91 Å². The van der Waals surface area contributed by atoms with Gasteiger partial charge in [-0.05, 0) is 23.3 Å². The third-order valence-electron chi connectivity index (χ3n) is 3.98. The van der Waals surface area contributed by atoms with Gasteiger partial charge in [-0.25, -0.2) is 0 Å². The molecule has 7 heteroatoms. The number of alkyl halides is 3. The van der Waals surface area contributed by atoms with Crippen molar-refractivity contribution >= 4 is 5.91 Å². The average Bonchev–Trinajstić information content (AvgIpc) is 2.55. The van der Waals surface area contributed by atoms with Crippen molar-refractivity contribution in [1.82, 2.24) is 15.2 Å². The van der Waals surface area contributed by atoms with Gasteiger partial charge in [0.15, 0.2) is 0 Å². The molecule has 2 aromatic rings. The second-order valence-corrected chi connectivity index (χ2v) is 5.61. The number of aromatic nitrogens is 1. The predicted octanol–water partition coefficient (Wildman–Crippen LogP) is 2.77. The first-order chi connectivity index (χ1) is 11.5. The van der Waals surface area contributed by atoms with Crippen molar-refractivity contribution in [3.05, 3.63) is 65.5 Å². The average molecular weight is 335 g/mol. The summed E-state index contributed by atoms with van der Waals surface area (Å²) in [5, 5.41) is 2.66. The maximum absolute atomic E-state index is 13.3. The van der Waals surface area contributed by atoms with Crippen LogP contribution in [0.3, 0.4) is 0 Å². The molecule has 1 fully saturated rings. The minimum atomic E-state index is -4.51. The first-order valence-electron chi connectivity index (χ1n) is 7.53. The molecule has 0 spiro atoms. The van der Waals surface area contributed by atoms with Crippen LogP contribution < -0.4 is 5.32 Å². The molecular formula is C17H16F3N3O. The van der Waals surface area contributed by atoms with Crippen LogP contribution in [0.5, 0.6) is 0 Å². The molecule has 24 heavy (non-hydrogen) atoms. The second kappa shape index (κ2) is 6.60. The number of benzene rings is 1. The molecule has 2 heterocycles. The van der Waals surface area contributed by atoms with Crippen LogP contribution in [0.15, 0.2) is 48.8 Å². The van der Waals surface area contributed by atoms with Crippen LogP contribution in [0.1, 0.15) is 22.7 Å². The summed E-state index contributed by atoms with van der Waals surface area (Å²) in [5.74, 6) is -0.415. The molecular weight excluding hydrogens is 319 g/mol. The fourth-order valence-corrected chi connectivity index (χ4v) is 2.94. The molecule has 1 atom stereocenters. The van der Waals surface area contributed by atoms with E-state index in [1.165, 1.54) is 18.2 Å². The zero-order valence-corrected chi connectivity index (χ0v) is 12.8. The van der Waals surface area contributed by atoms with Gasteiger partial charge in [-0.3, -0.25) is 14.7 Å². The summed E-state index contributed by atoms with van der Waals surface area (Å²) in [6.45, 7) is 1.24. The van der Waals surface area contributed by atoms with Gasteiger partial charge >= 0.3 is 6.18 Å². The fourth-order valence-electron chi connectivity index (χ4n) is 2.94. The van der Waals surface area contributed by atoms with Crippen molar-refractivity contribution in [3.63, 3.8) is 0 Å². The Kier molecular flexibility index (Phi) is 4.53. The van der Waals surface area contributed by atoms with E-state index >= 15 is 0 Å². The lowest BCUT2D eigenvalue weighted by atomic mass is 9.96. The van der Waals surface area contributed by atoms with E-state index in [0.29, 0.717) is 19.6 Å². The number of nitrogens with one attached hydrogen (secondary N) is 1. The van der Waals surface area contributed by atoms with E-state index in [0.717, 1.165) is 11.6 Å². The highest BCUT2D eigenvalue weighted by Gasteiger charge is 2.39. The molecule has 4 nitrogen and oxygen atoms in total. The van der Waals surface area contributed by atoms with Crippen LogP contribution in [0.4, 0.5) is 13.2 Å². The van der Waals surface area contributed by atoms with E-state index in [2.05, 4.69) is 10.3 Å². The van der Waals surface area contributed by atoms with Crippen LogP contribution in [0.25, 0.3) is 0 Å². The molecule has 1 unspecified atom stereocenters. The smallest absolute Gasteiger partial charge is 0.353 e. The summed E-state index contributed by atoms with van der Waals surface area (Å²) in [7, 11) is 0. The van der Waals surface area contributed by atoms with E-state index in [1.54, 1.807) is 23.4 Å². The molecule has 1 aliphatic heterocycles. The molecule has 0 saturated carbocycles. The van der Waals surface area contributed by atoms with Gasteiger partial charge in [0.1, 0.15) is 6.04 Å². The molecule has 1 saturated heterocycles. The normalized spacial score (nSPS) is 19.1. The Bertz CT molecular complexity index is 719. The van der Waals surface area contributed by atoms with E-state index in [4.69, 9.17) is 0 Å². The SMILES string of the molecule is O=C1NCCN(Cc2cccnc2)C1c1ccccc1C(F)(F)F. The zero-order valence-electron chi connectivity index (χ0n) is 12.8. The Hall–Kier alpha value is -2.41. The Labute approximate surface area is 137 Å². The zero-order chi connectivity index (χ0) is 17.2. The van der Waals surface area contributed by atoms with Gasteiger partial charge < -0.3 is 5.32 Å². The maximum atomic E-state index is 13.3. The van der Waals surface area contributed by atoms with Crippen LogP contribution in [-0.4, -0.2) is 28.9 Å². The number of piperazine rings is 1. The number of rotatable bonds is 3. The quantitative estimate of drug-likeness (QED) is 0.938. The lowest BCUT2D eigenvalue weighted by Gasteiger charge is -2.36. The molecule has 1 aromatic heterocycles. The summed E-state index contributed by atoms with van der Waals surface area (Å²) in [6.07, 6.45) is -1.23. The van der Waals surface area contributed by atoms with Crippen LogP contribution in [0.2, 0.25) is 0 Å². The first-order valence-corrected chi connectivity index (χ1v) is 7.53. The van der Waals surface area contributed by atoms with Gasteiger partial charge in [0.05, 0.1) is 5.56 Å². The molecule has 1 aliphatic rings. The molecule has 3 rings (SSSR count). The van der Waals surface area contributed by atoms with Gasteiger partial charge in [-0.1, -0.05) is 24.3 Å². The summed E-state index contributed by atoms with van der Waals surface area (Å²) >= 11 is 0. The Balaban J connectivity index is 1.98. The lowest BCUT2D eigenvalue weighted by Crippen LogP contribution is -2.50. The number of amides is 1. The molecule has 0 aliphatic carbocycles. The van der Waals surface area contributed by atoms with Crippen molar-refractivity contribution in [2.75, 3.05) is 13.1 Å². The van der Waals surface area contributed by atoms with E-state index in [9.17, 15) is 18.0 Å². The van der Waals surface area contributed by atoms with E-state index < -0.39 is 23.7 Å². The standard InChI is InChI=1S/C17H16F3N3O/c18-17(19,20)14-6-2-1-5-13(14)15-16(24)22-8-9-23(15)11-12-4-3-7-21-10-12/h1-7,10,15H,8-9,11H2,(H,22,24). The van der Waals surface area contributed by atoms with Crippen molar-refractivity contribution in [2.24, 2.45) is 0 Å². The molecule has 0 radical (unpaired) electrons. The summed E-state index contributed by atoms with van der Waals surface area (Å²) < 4.78 is 40.0. The van der Waals surface area contributed by atoms with Crippen molar-refractivity contribution in [3.8, 4) is 0 Å². The number of hydrogen-bond donors (Lipinski definition) is 1. The molecule has 126 valence electrons.